The van der Waals surface area contributed by atoms with Crippen LogP contribution >= 0.6 is 0 Å². The van der Waals surface area contributed by atoms with Crippen LogP contribution in [-0.4, -0.2) is 48.8 Å². The van der Waals surface area contributed by atoms with Crippen molar-refractivity contribution in [1.29, 1.82) is 0 Å². The van der Waals surface area contributed by atoms with Crippen molar-refractivity contribution in [3.63, 3.8) is 0 Å². The van der Waals surface area contributed by atoms with Gasteiger partial charge in [-0.1, -0.05) is 40.0 Å². The molecule has 1 heterocycles. The number of carbonyl (C=O) groups excluding carboxylic acids is 3. The van der Waals surface area contributed by atoms with Gasteiger partial charge in [-0.2, -0.15) is 19.6 Å². The van der Waals surface area contributed by atoms with Crippen molar-refractivity contribution in [2.24, 2.45) is 46.3 Å². The molecule has 6 fully saturated rings. The summed E-state index contributed by atoms with van der Waals surface area (Å²) in [5.74, 6) is -1.42. The van der Waals surface area contributed by atoms with Crippen molar-refractivity contribution in [3.05, 3.63) is 0 Å². The van der Waals surface area contributed by atoms with Gasteiger partial charge >= 0.3 is 17.9 Å². The maximum atomic E-state index is 12.7. The summed E-state index contributed by atoms with van der Waals surface area (Å²) in [7, 11) is 1.43. The first-order chi connectivity index (χ1) is 22.3. The lowest BCUT2D eigenvalue weighted by Crippen LogP contribution is -2.65. The first-order valence-electron chi connectivity index (χ1n) is 18.5. The average molecular weight is 663 g/mol. The van der Waals surface area contributed by atoms with E-state index in [0.29, 0.717) is 32.1 Å². The fourth-order valence-electron chi connectivity index (χ4n) is 11.5. The van der Waals surface area contributed by atoms with Gasteiger partial charge in [0.2, 0.25) is 11.6 Å². The second-order valence-electron chi connectivity index (χ2n) is 16.5. The highest BCUT2D eigenvalue weighted by Crippen LogP contribution is 2.70. The number of fused-ring (bicyclic) bond motifs is 5. The van der Waals surface area contributed by atoms with Gasteiger partial charge in [0, 0.05) is 57.3 Å². The molecule has 0 radical (unpaired) electrons. The van der Waals surface area contributed by atoms with Gasteiger partial charge in [0.25, 0.3) is 0 Å². The fourth-order valence-corrected chi connectivity index (χ4v) is 11.5. The maximum Gasteiger partial charge on any atom is 0.305 e. The molecule has 10 heteroatoms. The molecular weight excluding hydrogens is 604 g/mol. The molecule has 1 aliphatic heterocycles. The lowest BCUT2D eigenvalue weighted by atomic mass is 9.42. The zero-order valence-electron chi connectivity index (χ0n) is 29.5. The number of hydrogen-bond donors (Lipinski definition) is 0. The number of methoxy groups -OCH3 is 1. The van der Waals surface area contributed by atoms with Crippen LogP contribution in [-0.2, 0) is 48.1 Å². The number of hydrogen-bond acceptors (Lipinski definition) is 10. The molecule has 0 aromatic rings. The van der Waals surface area contributed by atoms with Gasteiger partial charge in [-0.3, -0.25) is 14.4 Å². The Morgan fingerprint density at radius 1 is 0.787 bits per heavy atom. The maximum absolute atomic E-state index is 12.7. The topological polar surface area (TPSA) is 116 Å². The zero-order chi connectivity index (χ0) is 33.6. The first-order valence-corrected chi connectivity index (χ1v) is 18.5. The van der Waals surface area contributed by atoms with Gasteiger partial charge < -0.3 is 14.2 Å². The second kappa shape index (κ2) is 13.5. The van der Waals surface area contributed by atoms with Gasteiger partial charge in [0.05, 0.1) is 7.11 Å². The van der Waals surface area contributed by atoms with E-state index in [1.165, 1.54) is 27.4 Å². The van der Waals surface area contributed by atoms with E-state index in [1.807, 2.05) is 0 Å². The monoisotopic (exact) mass is 662 g/mol. The summed E-state index contributed by atoms with van der Waals surface area (Å²) in [4.78, 5) is 62.1. The van der Waals surface area contributed by atoms with Crippen molar-refractivity contribution in [2.75, 3.05) is 7.11 Å². The molecule has 5 aliphatic carbocycles. The van der Waals surface area contributed by atoms with Crippen LogP contribution in [0, 0.1) is 46.3 Å². The molecule has 5 saturated carbocycles. The number of carbonyl (C=O) groups is 3. The van der Waals surface area contributed by atoms with E-state index >= 15 is 0 Å². The normalized spacial score (nSPS) is 41.4. The molecule has 266 valence electrons. The van der Waals surface area contributed by atoms with Crippen LogP contribution in [0.5, 0.6) is 0 Å². The smallest absolute Gasteiger partial charge is 0.305 e. The van der Waals surface area contributed by atoms with E-state index < -0.39 is 11.6 Å². The van der Waals surface area contributed by atoms with Crippen LogP contribution < -0.4 is 0 Å². The van der Waals surface area contributed by atoms with Crippen molar-refractivity contribution >= 4 is 17.9 Å². The minimum absolute atomic E-state index is 0.108. The minimum Gasteiger partial charge on any atom is -0.469 e. The van der Waals surface area contributed by atoms with Crippen LogP contribution in [0.3, 0.4) is 0 Å². The van der Waals surface area contributed by atoms with E-state index in [1.54, 1.807) is 0 Å². The Balaban J connectivity index is 1.26. The minimum atomic E-state index is -1.00. The molecule has 10 atom stereocenters. The molecule has 47 heavy (non-hydrogen) atoms. The van der Waals surface area contributed by atoms with Crippen LogP contribution in [0.1, 0.15) is 137 Å². The van der Waals surface area contributed by atoms with E-state index in [4.69, 9.17) is 33.8 Å². The first kappa shape index (κ1) is 35.1. The lowest BCUT2D eigenvalue weighted by molar-refractivity contribution is -0.664. The third-order valence-electron chi connectivity index (χ3n) is 14.0. The highest BCUT2D eigenvalue weighted by Gasteiger charge is 2.69. The van der Waals surface area contributed by atoms with Crippen LogP contribution in [0.4, 0.5) is 0 Å². The Morgan fingerprint density at radius 2 is 1.43 bits per heavy atom. The van der Waals surface area contributed by atoms with Gasteiger partial charge in [-0.25, -0.2) is 0 Å². The predicted octanol–water partition coefficient (Wildman–Crippen LogP) is 7.36. The molecule has 6 rings (SSSR count). The predicted molar refractivity (Wildman–Crippen MR) is 170 cm³/mol. The fraction of sp³-hybridized carbons (Fsp3) is 0.919. The number of esters is 3. The number of ether oxygens (including phenoxy) is 3. The quantitative estimate of drug-likeness (QED) is 0.162. The Labute approximate surface area is 280 Å². The number of rotatable bonds is 6. The summed E-state index contributed by atoms with van der Waals surface area (Å²) >= 11 is 0. The molecule has 0 aromatic carbocycles. The molecule has 0 bridgehead atoms. The van der Waals surface area contributed by atoms with Crippen molar-refractivity contribution in [1.82, 2.24) is 0 Å². The van der Waals surface area contributed by atoms with Gasteiger partial charge in [-0.05, 0) is 86.4 Å². The van der Waals surface area contributed by atoms with Gasteiger partial charge in [-0.15, -0.1) is 0 Å². The zero-order valence-corrected chi connectivity index (χ0v) is 29.5. The molecule has 1 saturated heterocycles. The molecule has 2 spiro atoms. The highest BCUT2D eigenvalue weighted by atomic mass is 17.4. The molecular formula is C37H58O10. The van der Waals surface area contributed by atoms with Crippen molar-refractivity contribution < 1.29 is 48.1 Å². The van der Waals surface area contributed by atoms with Crippen molar-refractivity contribution in [2.45, 2.75) is 161 Å². The largest absolute Gasteiger partial charge is 0.469 e. The van der Waals surface area contributed by atoms with E-state index in [2.05, 4.69) is 20.8 Å². The third-order valence-corrected chi connectivity index (χ3v) is 14.0. The van der Waals surface area contributed by atoms with E-state index in [-0.39, 0.29) is 76.5 Å². The summed E-state index contributed by atoms with van der Waals surface area (Å²) in [6, 6.07) is 0. The Hall–Kier alpha value is -1.75. The van der Waals surface area contributed by atoms with Crippen LogP contribution in [0.25, 0.3) is 0 Å². The molecule has 0 N–H and O–H groups in total. The molecule has 5 unspecified atom stereocenters. The van der Waals surface area contributed by atoms with Crippen LogP contribution in [0.15, 0.2) is 0 Å². The van der Waals surface area contributed by atoms with E-state index in [0.717, 1.165) is 64.2 Å². The summed E-state index contributed by atoms with van der Waals surface area (Å²) in [6.45, 7) is 9.91. The molecule has 6 aliphatic rings. The molecule has 0 amide bonds. The lowest BCUT2D eigenvalue weighted by Gasteiger charge is -2.65. The standard InChI is InChI=1S/C37H58O10/c1-23(12-15-32(40)41-6)27-13-14-28-33-29(21-31(35(27,28)5)43-25(3)39)34(4)18-19-37(22-26(34)20-30(33)42-24(2)38)46-44-36(45-47-37)16-10-8-7-9-11-17-36/h23,26-31,33H,7-22H2,1-6H3/t23?,26-,27-,28?,29?,30?,31+,33?,34+,35-/m1/s1. The van der Waals surface area contributed by atoms with Crippen molar-refractivity contribution in [3.8, 4) is 0 Å². The summed E-state index contributed by atoms with van der Waals surface area (Å²) in [5.41, 5.74) is -0.411. The second-order valence-corrected chi connectivity index (χ2v) is 16.5. The van der Waals surface area contributed by atoms with Crippen LogP contribution in [0.2, 0.25) is 0 Å². The Bertz CT molecular complexity index is 1150. The molecule has 0 aromatic heterocycles. The van der Waals surface area contributed by atoms with E-state index in [9.17, 15) is 14.4 Å². The van der Waals surface area contributed by atoms with Gasteiger partial charge in [0.1, 0.15) is 12.2 Å². The third kappa shape index (κ3) is 6.50. The SMILES string of the molecule is COC(=O)CCC(C)[C@H]1CCC2C3C(OC(C)=O)C[C@@H]4CC5(CC[C@]4(C)C3C[C@H](OC(C)=O)[C@@]21C)OOC1(CCCCCCC1)OO5. The summed E-state index contributed by atoms with van der Waals surface area (Å²) in [5, 5.41) is 0. The highest BCUT2D eigenvalue weighted by molar-refractivity contribution is 5.69. The summed E-state index contributed by atoms with van der Waals surface area (Å²) in [6.07, 6.45) is 13.1. The molecule has 10 nitrogen and oxygen atoms in total. The average Bonchev–Trinajstić information content (AvgIpc) is 3.38. The Kier molecular flexibility index (Phi) is 10.1. The summed E-state index contributed by atoms with van der Waals surface area (Å²) < 4.78 is 17.5. The van der Waals surface area contributed by atoms with Gasteiger partial charge in [0.15, 0.2) is 0 Å². The Morgan fingerprint density at radius 3 is 2.06 bits per heavy atom.